The predicted molar refractivity (Wildman–Crippen MR) is 102 cm³/mol. The van der Waals surface area contributed by atoms with Gasteiger partial charge in [0.1, 0.15) is 0 Å². The largest absolute Gasteiger partial charge is 0.481 e. The smallest absolute Gasteiger partial charge is 0.315 e. The predicted octanol–water partition coefficient (Wildman–Crippen LogP) is 2.63. The molecule has 0 aromatic heterocycles. The lowest BCUT2D eigenvalue weighted by Gasteiger charge is -2.34. The highest BCUT2D eigenvalue weighted by atomic mass is 16.4. The lowest BCUT2D eigenvalue weighted by atomic mass is 9.90. The minimum absolute atomic E-state index is 0.0455. The summed E-state index contributed by atoms with van der Waals surface area (Å²) in [6, 6.07) is 10.1. The van der Waals surface area contributed by atoms with Crippen molar-refractivity contribution >= 4 is 12.0 Å². The molecule has 1 fully saturated rings. The lowest BCUT2D eigenvalue weighted by Crippen LogP contribution is -2.50. The molecule has 3 N–H and O–H groups in total. The van der Waals surface area contributed by atoms with Crippen LogP contribution in [0, 0.1) is 0 Å². The Kier molecular flexibility index (Phi) is 7.91. The number of aliphatic carboxylic acids is 1. The second-order valence-electron chi connectivity index (χ2n) is 7.42. The van der Waals surface area contributed by atoms with Crippen LogP contribution in [0.15, 0.2) is 30.3 Å². The molecule has 144 valence electrons. The number of rotatable bonds is 8. The van der Waals surface area contributed by atoms with Crippen molar-refractivity contribution in [1.29, 1.82) is 0 Å². The van der Waals surface area contributed by atoms with E-state index in [9.17, 15) is 9.59 Å². The average Bonchev–Trinajstić information content (AvgIpc) is 2.60. The van der Waals surface area contributed by atoms with Crippen molar-refractivity contribution in [1.82, 2.24) is 15.5 Å². The van der Waals surface area contributed by atoms with Crippen LogP contribution in [0.4, 0.5) is 4.79 Å². The fourth-order valence-corrected chi connectivity index (χ4v) is 3.60. The molecule has 0 bridgehead atoms. The molecule has 1 aliphatic rings. The third-order valence-corrected chi connectivity index (χ3v) is 5.08. The van der Waals surface area contributed by atoms with Gasteiger partial charge in [-0.05, 0) is 58.2 Å². The molecule has 3 atom stereocenters. The average molecular weight is 361 g/mol. The highest BCUT2D eigenvalue weighted by molar-refractivity contribution is 5.74. The highest BCUT2D eigenvalue weighted by Crippen LogP contribution is 2.21. The van der Waals surface area contributed by atoms with Crippen molar-refractivity contribution in [3.05, 3.63) is 35.9 Å². The van der Waals surface area contributed by atoms with Crippen LogP contribution < -0.4 is 10.6 Å². The van der Waals surface area contributed by atoms with Crippen LogP contribution in [0.2, 0.25) is 0 Å². The van der Waals surface area contributed by atoms with Crippen molar-refractivity contribution in [2.75, 3.05) is 14.1 Å². The van der Waals surface area contributed by atoms with Gasteiger partial charge in [-0.25, -0.2) is 4.79 Å². The first-order chi connectivity index (χ1) is 12.4. The minimum Gasteiger partial charge on any atom is -0.481 e. The Morgan fingerprint density at radius 3 is 2.62 bits per heavy atom. The van der Waals surface area contributed by atoms with Gasteiger partial charge in [-0.3, -0.25) is 4.79 Å². The van der Waals surface area contributed by atoms with Crippen molar-refractivity contribution in [3.8, 4) is 0 Å². The zero-order valence-corrected chi connectivity index (χ0v) is 15.8. The van der Waals surface area contributed by atoms with Crippen LogP contribution in [-0.2, 0) is 11.2 Å². The van der Waals surface area contributed by atoms with Gasteiger partial charge >= 0.3 is 12.0 Å². The molecule has 2 amide bonds. The summed E-state index contributed by atoms with van der Waals surface area (Å²) in [5.41, 5.74) is 1.09. The number of nitrogens with zero attached hydrogens (tertiary/aromatic N) is 1. The van der Waals surface area contributed by atoms with Crippen LogP contribution >= 0.6 is 0 Å². The first-order valence-electron chi connectivity index (χ1n) is 9.43. The monoisotopic (exact) mass is 361 g/mol. The summed E-state index contributed by atoms with van der Waals surface area (Å²) in [7, 11) is 4.16. The van der Waals surface area contributed by atoms with Gasteiger partial charge in [0, 0.05) is 24.5 Å². The molecule has 1 aromatic carbocycles. The first kappa shape index (κ1) is 20.2. The number of hydrogen-bond acceptors (Lipinski definition) is 3. The molecule has 0 aliphatic heterocycles. The van der Waals surface area contributed by atoms with E-state index in [2.05, 4.69) is 29.6 Å². The number of amides is 2. The fourth-order valence-electron chi connectivity index (χ4n) is 3.60. The van der Waals surface area contributed by atoms with E-state index in [4.69, 9.17) is 5.11 Å². The number of nitrogens with one attached hydrogen (secondary N) is 2. The molecular formula is C20H31N3O3. The zero-order chi connectivity index (χ0) is 18.9. The third-order valence-electron chi connectivity index (χ3n) is 5.08. The Morgan fingerprint density at radius 2 is 1.96 bits per heavy atom. The van der Waals surface area contributed by atoms with Crippen molar-refractivity contribution < 1.29 is 14.7 Å². The first-order valence-corrected chi connectivity index (χ1v) is 9.43. The summed E-state index contributed by atoms with van der Waals surface area (Å²) in [6.07, 6.45) is 5.33. The summed E-state index contributed by atoms with van der Waals surface area (Å²) >= 11 is 0. The normalized spacial score (nSPS) is 21.2. The molecule has 26 heavy (non-hydrogen) atoms. The van der Waals surface area contributed by atoms with Gasteiger partial charge in [0.25, 0.3) is 0 Å². The molecular weight excluding hydrogens is 330 g/mol. The Balaban J connectivity index is 1.89. The number of hydrogen-bond donors (Lipinski definition) is 3. The number of carbonyl (C=O) groups is 2. The molecule has 0 spiro atoms. The molecule has 1 saturated carbocycles. The summed E-state index contributed by atoms with van der Waals surface area (Å²) in [6.45, 7) is 0. The van der Waals surface area contributed by atoms with Gasteiger partial charge in [-0.2, -0.15) is 0 Å². The summed E-state index contributed by atoms with van der Waals surface area (Å²) < 4.78 is 0. The number of benzene rings is 1. The van der Waals surface area contributed by atoms with E-state index >= 15 is 0 Å². The molecule has 3 unspecified atom stereocenters. The van der Waals surface area contributed by atoms with E-state index < -0.39 is 5.97 Å². The fraction of sp³-hybridized carbons (Fsp3) is 0.600. The molecule has 0 radical (unpaired) electrons. The van der Waals surface area contributed by atoms with Crippen LogP contribution in [0.3, 0.4) is 0 Å². The zero-order valence-electron chi connectivity index (χ0n) is 15.8. The van der Waals surface area contributed by atoms with E-state index in [1.807, 2.05) is 30.3 Å². The maximum Gasteiger partial charge on any atom is 0.315 e. The van der Waals surface area contributed by atoms with Crippen LogP contribution in [-0.4, -0.2) is 54.2 Å². The lowest BCUT2D eigenvalue weighted by molar-refractivity contribution is -0.137. The van der Waals surface area contributed by atoms with E-state index in [1.165, 1.54) is 6.42 Å². The Bertz CT molecular complexity index is 577. The van der Waals surface area contributed by atoms with Gasteiger partial charge in [0.15, 0.2) is 0 Å². The highest BCUT2D eigenvalue weighted by Gasteiger charge is 2.25. The standard InChI is InChI=1S/C20H31N3O3/c1-23(2)18-10-6-9-16(14-18)21-20(26)22-17(11-12-19(24)25)13-15-7-4-3-5-8-15/h3-5,7-8,16-18H,6,9-14H2,1-2H3,(H,24,25)(H2,21,22,26). The van der Waals surface area contributed by atoms with Crippen molar-refractivity contribution in [3.63, 3.8) is 0 Å². The Hall–Kier alpha value is -2.08. The molecule has 0 heterocycles. The summed E-state index contributed by atoms with van der Waals surface area (Å²) in [4.78, 5) is 25.6. The molecule has 0 saturated heterocycles. The second kappa shape index (κ2) is 10.2. The number of carboxylic acids is 1. The molecule has 6 nitrogen and oxygen atoms in total. The van der Waals surface area contributed by atoms with Crippen molar-refractivity contribution in [2.45, 2.75) is 63.1 Å². The molecule has 1 aliphatic carbocycles. The Morgan fingerprint density at radius 1 is 1.23 bits per heavy atom. The van der Waals surface area contributed by atoms with Gasteiger partial charge < -0.3 is 20.6 Å². The SMILES string of the molecule is CN(C)C1CCCC(NC(=O)NC(CCC(=O)O)Cc2ccccc2)C1. The second-order valence-corrected chi connectivity index (χ2v) is 7.42. The van der Waals surface area contributed by atoms with Crippen molar-refractivity contribution in [2.24, 2.45) is 0 Å². The number of carboxylic acid groups (broad SMARTS) is 1. The topological polar surface area (TPSA) is 81.7 Å². The van der Waals surface area contributed by atoms with Gasteiger partial charge in [-0.15, -0.1) is 0 Å². The quantitative estimate of drug-likeness (QED) is 0.665. The van der Waals surface area contributed by atoms with Gasteiger partial charge in [0.05, 0.1) is 0 Å². The van der Waals surface area contributed by atoms with Gasteiger partial charge in [0.2, 0.25) is 0 Å². The van der Waals surface area contributed by atoms with Crippen LogP contribution in [0.5, 0.6) is 0 Å². The van der Waals surface area contributed by atoms with E-state index in [0.29, 0.717) is 18.9 Å². The summed E-state index contributed by atoms with van der Waals surface area (Å²) in [5, 5.41) is 15.0. The van der Waals surface area contributed by atoms with E-state index in [-0.39, 0.29) is 24.5 Å². The summed E-state index contributed by atoms with van der Waals surface area (Å²) in [5.74, 6) is -0.841. The van der Waals surface area contributed by atoms with E-state index in [0.717, 1.165) is 24.8 Å². The number of urea groups is 1. The third kappa shape index (κ3) is 7.04. The number of carbonyl (C=O) groups excluding carboxylic acids is 1. The van der Waals surface area contributed by atoms with Gasteiger partial charge in [-0.1, -0.05) is 30.3 Å². The minimum atomic E-state index is -0.841. The van der Waals surface area contributed by atoms with E-state index in [1.54, 1.807) is 0 Å². The van der Waals surface area contributed by atoms with Crippen LogP contribution in [0.1, 0.15) is 44.1 Å². The molecule has 2 rings (SSSR count). The molecule has 1 aromatic rings. The maximum absolute atomic E-state index is 12.4. The molecule has 6 heteroatoms. The van der Waals surface area contributed by atoms with Crippen LogP contribution in [0.25, 0.3) is 0 Å². The Labute approximate surface area is 156 Å². The maximum atomic E-state index is 12.4.